The quantitative estimate of drug-likeness (QED) is 0.776. The van der Waals surface area contributed by atoms with E-state index in [1.165, 1.54) is 18.6 Å². The molecule has 19 heavy (non-hydrogen) atoms. The first-order chi connectivity index (χ1) is 9.19. The fourth-order valence-electron chi connectivity index (χ4n) is 2.57. The van der Waals surface area contributed by atoms with Crippen molar-refractivity contribution in [3.63, 3.8) is 0 Å². The number of alkyl halides is 1. The molecule has 1 aliphatic rings. The van der Waals surface area contributed by atoms with Crippen molar-refractivity contribution in [1.82, 2.24) is 4.90 Å². The monoisotopic (exact) mass is 327 g/mol. The molecule has 1 heterocycles. The highest BCUT2D eigenvalue weighted by Gasteiger charge is 2.23. The predicted octanol–water partition coefficient (Wildman–Crippen LogP) is 3.39. The molecule has 1 aromatic rings. The number of carbonyl (C=O) groups is 1. The molecule has 1 atom stereocenters. The Morgan fingerprint density at radius 3 is 2.79 bits per heavy atom. The predicted molar refractivity (Wildman–Crippen MR) is 77.8 cm³/mol. The van der Waals surface area contributed by atoms with Gasteiger partial charge in [0.2, 0.25) is 5.91 Å². The van der Waals surface area contributed by atoms with Crippen LogP contribution in [0, 0.1) is 11.7 Å². The standard InChI is InChI=1S/C15H19BrFNO/c16-8-7-13-2-1-9-18(11-13)15(19)10-12-3-5-14(17)6-4-12/h3-6,13H,1-2,7-11H2. The summed E-state index contributed by atoms with van der Waals surface area (Å²) in [6, 6.07) is 6.19. The molecule has 1 aromatic carbocycles. The van der Waals surface area contributed by atoms with Gasteiger partial charge in [-0.05, 0) is 42.9 Å². The molecule has 1 fully saturated rings. The van der Waals surface area contributed by atoms with E-state index in [0.717, 1.165) is 36.8 Å². The Hall–Kier alpha value is -0.900. The number of piperidine rings is 1. The van der Waals surface area contributed by atoms with E-state index in [2.05, 4.69) is 15.9 Å². The summed E-state index contributed by atoms with van der Waals surface area (Å²) in [6.07, 6.45) is 3.81. The SMILES string of the molecule is O=C(Cc1ccc(F)cc1)N1CCCC(CCBr)C1. The van der Waals surface area contributed by atoms with Crippen LogP contribution in [0.3, 0.4) is 0 Å². The van der Waals surface area contributed by atoms with E-state index in [4.69, 9.17) is 0 Å². The number of hydrogen-bond acceptors (Lipinski definition) is 1. The summed E-state index contributed by atoms with van der Waals surface area (Å²) in [5, 5.41) is 0.998. The maximum absolute atomic E-state index is 12.8. The fraction of sp³-hybridized carbons (Fsp3) is 0.533. The molecule has 104 valence electrons. The number of halogens is 2. The van der Waals surface area contributed by atoms with Gasteiger partial charge in [-0.3, -0.25) is 4.79 Å². The minimum atomic E-state index is -0.258. The van der Waals surface area contributed by atoms with Crippen LogP contribution in [0.5, 0.6) is 0 Å². The smallest absolute Gasteiger partial charge is 0.226 e. The molecule has 2 nitrogen and oxygen atoms in total. The van der Waals surface area contributed by atoms with Gasteiger partial charge in [0.15, 0.2) is 0 Å². The van der Waals surface area contributed by atoms with Gasteiger partial charge < -0.3 is 4.90 Å². The van der Waals surface area contributed by atoms with E-state index >= 15 is 0 Å². The molecule has 1 amide bonds. The zero-order chi connectivity index (χ0) is 13.7. The zero-order valence-electron chi connectivity index (χ0n) is 10.9. The van der Waals surface area contributed by atoms with Gasteiger partial charge in [-0.25, -0.2) is 4.39 Å². The van der Waals surface area contributed by atoms with Gasteiger partial charge in [0.1, 0.15) is 5.82 Å². The van der Waals surface area contributed by atoms with Gasteiger partial charge in [-0.15, -0.1) is 0 Å². The van der Waals surface area contributed by atoms with Gasteiger partial charge in [-0.2, -0.15) is 0 Å². The second-order valence-corrected chi connectivity index (χ2v) is 5.92. The second-order valence-electron chi connectivity index (χ2n) is 5.13. The summed E-state index contributed by atoms with van der Waals surface area (Å²) >= 11 is 3.46. The Morgan fingerprint density at radius 2 is 2.11 bits per heavy atom. The lowest BCUT2D eigenvalue weighted by atomic mass is 9.95. The van der Waals surface area contributed by atoms with Crippen LogP contribution < -0.4 is 0 Å². The number of carbonyl (C=O) groups excluding carboxylic acids is 1. The summed E-state index contributed by atoms with van der Waals surface area (Å²) < 4.78 is 12.8. The molecule has 1 unspecified atom stereocenters. The maximum atomic E-state index is 12.8. The van der Waals surface area contributed by atoms with Crippen molar-refractivity contribution in [3.8, 4) is 0 Å². The number of amides is 1. The van der Waals surface area contributed by atoms with Crippen LogP contribution in [0.25, 0.3) is 0 Å². The van der Waals surface area contributed by atoms with Crippen LogP contribution in [0.15, 0.2) is 24.3 Å². The van der Waals surface area contributed by atoms with Crippen LogP contribution in [0.4, 0.5) is 4.39 Å². The van der Waals surface area contributed by atoms with Crippen LogP contribution in [-0.4, -0.2) is 29.2 Å². The first-order valence-electron chi connectivity index (χ1n) is 6.77. The van der Waals surface area contributed by atoms with E-state index in [-0.39, 0.29) is 11.7 Å². The van der Waals surface area contributed by atoms with E-state index in [1.807, 2.05) is 4.90 Å². The molecule has 0 spiro atoms. The first kappa shape index (κ1) is 14.5. The van der Waals surface area contributed by atoms with Crippen molar-refractivity contribution >= 4 is 21.8 Å². The molecule has 1 aliphatic heterocycles. The van der Waals surface area contributed by atoms with Gasteiger partial charge in [-0.1, -0.05) is 28.1 Å². The minimum Gasteiger partial charge on any atom is -0.342 e. The molecule has 1 saturated heterocycles. The van der Waals surface area contributed by atoms with Crippen molar-refractivity contribution in [1.29, 1.82) is 0 Å². The molecule has 0 radical (unpaired) electrons. The third kappa shape index (κ3) is 4.30. The van der Waals surface area contributed by atoms with Crippen LogP contribution in [0.1, 0.15) is 24.8 Å². The Bertz CT molecular complexity index is 419. The van der Waals surface area contributed by atoms with Crippen LogP contribution in [0.2, 0.25) is 0 Å². The van der Waals surface area contributed by atoms with E-state index in [0.29, 0.717) is 12.3 Å². The Balaban J connectivity index is 1.90. The zero-order valence-corrected chi connectivity index (χ0v) is 12.5. The van der Waals surface area contributed by atoms with Crippen LogP contribution in [-0.2, 0) is 11.2 Å². The van der Waals surface area contributed by atoms with E-state index < -0.39 is 0 Å². The van der Waals surface area contributed by atoms with Crippen molar-refractivity contribution in [2.45, 2.75) is 25.7 Å². The number of likely N-dealkylation sites (tertiary alicyclic amines) is 1. The highest BCUT2D eigenvalue weighted by atomic mass is 79.9. The maximum Gasteiger partial charge on any atom is 0.226 e. The molecule has 0 aromatic heterocycles. The normalized spacial score (nSPS) is 19.5. The summed E-state index contributed by atoms with van der Waals surface area (Å²) in [5.74, 6) is 0.516. The van der Waals surface area contributed by atoms with Gasteiger partial charge in [0.05, 0.1) is 6.42 Å². The molecule has 0 bridgehead atoms. The fourth-order valence-corrected chi connectivity index (χ4v) is 3.22. The molecule has 0 N–H and O–H groups in total. The largest absolute Gasteiger partial charge is 0.342 e. The summed E-state index contributed by atoms with van der Waals surface area (Å²) in [4.78, 5) is 14.2. The Morgan fingerprint density at radius 1 is 1.37 bits per heavy atom. The molecular weight excluding hydrogens is 309 g/mol. The molecule has 0 aliphatic carbocycles. The third-order valence-corrected chi connectivity index (χ3v) is 4.12. The second kappa shape index (κ2) is 7.04. The molecule has 4 heteroatoms. The topological polar surface area (TPSA) is 20.3 Å². The highest BCUT2D eigenvalue weighted by molar-refractivity contribution is 9.09. The number of hydrogen-bond donors (Lipinski definition) is 0. The molecular formula is C15H19BrFNO. The number of nitrogens with zero attached hydrogens (tertiary/aromatic N) is 1. The molecule has 0 saturated carbocycles. The first-order valence-corrected chi connectivity index (χ1v) is 7.89. The number of benzene rings is 1. The molecule has 2 rings (SSSR count). The van der Waals surface area contributed by atoms with Gasteiger partial charge in [0.25, 0.3) is 0 Å². The van der Waals surface area contributed by atoms with Crippen LogP contribution >= 0.6 is 15.9 Å². The van der Waals surface area contributed by atoms with Gasteiger partial charge in [0, 0.05) is 18.4 Å². The van der Waals surface area contributed by atoms with Gasteiger partial charge >= 0.3 is 0 Å². The summed E-state index contributed by atoms with van der Waals surface area (Å²) in [5.41, 5.74) is 0.883. The lowest BCUT2D eigenvalue weighted by molar-refractivity contribution is -0.132. The van der Waals surface area contributed by atoms with Crippen molar-refractivity contribution in [2.75, 3.05) is 18.4 Å². The third-order valence-electron chi connectivity index (χ3n) is 3.66. The number of rotatable bonds is 4. The summed E-state index contributed by atoms with van der Waals surface area (Å²) in [6.45, 7) is 1.73. The average Bonchev–Trinajstić information content (AvgIpc) is 2.42. The lowest BCUT2D eigenvalue weighted by Crippen LogP contribution is -2.40. The minimum absolute atomic E-state index is 0.158. The Kier molecular flexibility index (Phi) is 5.37. The van der Waals surface area contributed by atoms with E-state index in [1.54, 1.807) is 12.1 Å². The Labute approximate surface area is 122 Å². The summed E-state index contributed by atoms with van der Waals surface area (Å²) in [7, 11) is 0. The van der Waals surface area contributed by atoms with Crippen molar-refractivity contribution < 1.29 is 9.18 Å². The van der Waals surface area contributed by atoms with E-state index in [9.17, 15) is 9.18 Å². The lowest BCUT2D eigenvalue weighted by Gasteiger charge is -2.32. The van der Waals surface area contributed by atoms with Crippen molar-refractivity contribution in [2.24, 2.45) is 5.92 Å². The highest BCUT2D eigenvalue weighted by Crippen LogP contribution is 2.21. The average molecular weight is 328 g/mol. The van der Waals surface area contributed by atoms with Crippen molar-refractivity contribution in [3.05, 3.63) is 35.6 Å².